The Balaban J connectivity index is 2.05. The van der Waals surface area contributed by atoms with Gasteiger partial charge in [-0.25, -0.2) is 9.78 Å². The molecule has 1 aliphatic rings. The number of carboxylic acids is 1. The zero-order chi connectivity index (χ0) is 13.8. The maximum atomic E-state index is 10.9. The lowest BCUT2D eigenvalue weighted by molar-refractivity contribution is 0.0690. The molecule has 0 amide bonds. The molecule has 0 atom stereocenters. The normalized spacial score (nSPS) is 17.4. The van der Waals surface area contributed by atoms with E-state index in [0.29, 0.717) is 11.9 Å². The van der Waals surface area contributed by atoms with E-state index in [4.69, 9.17) is 5.11 Å². The standard InChI is InChI=1S/C13H20N4O2/c1-3-17-6-4-10(5-7-17)16(2)12-9-14-8-11(15-12)13(18)19/h8-10H,3-7H2,1-2H3,(H,18,19). The first-order valence-electron chi connectivity index (χ1n) is 6.62. The average Bonchev–Trinajstić information content (AvgIpc) is 2.46. The second-order valence-electron chi connectivity index (χ2n) is 4.84. The number of aromatic nitrogens is 2. The van der Waals surface area contributed by atoms with Crippen LogP contribution >= 0.6 is 0 Å². The number of carboxylic acid groups (broad SMARTS) is 1. The van der Waals surface area contributed by atoms with Crippen molar-refractivity contribution in [3.05, 3.63) is 18.1 Å². The predicted octanol–water partition coefficient (Wildman–Crippen LogP) is 1.10. The fourth-order valence-electron chi connectivity index (χ4n) is 2.44. The van der Waals surface area contributed by atoms with Crippen molar-refractivity contribution in [2.45, 2.75) is 25.8 Å². The van der Waals surface area contributed by atoms with E-state index in [0.717, 1.165) is 32.5 Å². The third kappa shape index (κ3) is 3.20. The summed E-state index contributed by atoms with van der Waals surface area (Å²) in [5.74, 6) is -0.404. The van der Waals surface area contributed by atoms with Crippen LogP contribution in [0.4, 0.5) is 5.82 Å². The third-order valence-electron chi connectivity index (χ3n) is 3.75. The van der Waals surface area contributed by atoms with E-state index in [-0.39, 0.29) is 5.69 Å². The van der Waals surface area contributed by atoms with Crippen molar-refractivity contribution in [3.63, 3.8) is 0 Å². The number of hydrogen-bond acceptors (Lipinski definition) is 5. The molecule has 1 saturated heterocycles. The van der Waals surface area contributed by atoms with Crippen LogP contribution in [0.2, 0.25) is 0 Å². The Hall–Kier alpha value is -1.69. The summed E-state index contributed by atoms with van der Waals surface area (Å²) in [6.07, 6.45) is 5.05. The highest BCUT2D eigenvalue weighted by Crippen LogP contribution is 2.20. The molecule has 19 heavy (non-hydrogen) atoms. The first-order chi connectivity index (χ1) is 9.11. The first kappa shape index (κ1) is 13.7. The van der Waals surface area contributed by atoms with Crippen molar-refractivity contribution in [3.8, 4) is 0 Å². The van der Waals surface area contributed by atoms with Gasteiger partial charge < -0.3 is 14.9 Å². The van der Waals surface area contributed by atoms with Gasteiger partial charge in [0.05, 0.1) is 12.4 Å². The van der Waals surface area contributed by atoms with Crippen LogP contribution in [0, 0.1) is 0 Å². The molecule has 0 radical (unpaired) electrons. The number of rotatable bonds is 4. The van der Waals surface area contributed by atoms with Gasteiger partial charge in [0.15, 0.2) is 5.69 Å². The van der Waals surface area contributed by atoms with Crippen molar-refractivity contribution in [2.75, 3.05) is 31.6 Å². The van der Waals surface area contributed by atoms with E-state index < -0.39 is 5.97 Å². The lowest BCUT2D eigenvalue weighted by Gasteiger charge is -2.36. The Labute approximate surface area is 113 Å². The average molecular weight is 264 g/mol. The largest absolute Gasteiger partial charge is 0.476 e. The summed E-state index contributed by atoms with van der Waals surface area (Å²) in [4.78, 5) is 23.5. The van der Waals surface area contributed by atoms with Gasteiger partial charge >= 0.3 is 5.97 Å². The number of likely N-dealkylation sites (tertiary alicyclic amines) is 1. The minimum Gasteiger partial charge on any atom is -0.476 e. The van der Waals surface area contributed by atoms with Crippen LogP contribution in [0.3, 0.4) is 0 Å². The van der Waals surface area contributed by atoms with E-state index in [9.17, 15) is 4.79 Å². The molecule has 0 spiro atoms. The quantitative estimate of drug-likeness (QED) is 0.878. The van der Waals surface area contributed by atoms with Crippen molar-refractivity contribution >= 4 is 11.8 Å². The molecular formula is C13H20N4O2. The van der Waals surface area contributed by atoms with Crippen LogP contribution in [0.1, 0.15) is 30.3 Å². The molecule has 0 bridgehead atoms. The first-order valence-corrected chi connectivity index (χ1v) is 6.62. The van der Waals surface area contributed by atoms with Gasteiger partial charge in [-0.3, -0.25) is 4.98 Å². The highest BCUT2D eigenvalue weighted by Gasteiger charge is 2.23. The van der Waals surface area contributed by atoms with E-state index in [1.807, 2.05) is 11.9 Å². The molecule has 2 rings (SSSR count). The van der Waals surface area contributed by atoms with Gasteiger partial charge in [-0.2, -0.15) is 0 Å². The molecule has 0 saturated carbocycles. The van der Waals surface area contributed by atoms with Crippen molar-refractivity contribution in [1.29, 1.82) is 0 Å². The number of aromatic carboxylic acids is 1. The van der Waals surface area contributed by atoms with Crippen LogP contribution in [-0.2, 0) is 0 Å². The van der Waals surface area contributed by atoms with Crippen molar-refractivity contribution < 1.29 is 9.90 Å². The molecule has 104 valence electrons. The Morgan fingerprint density at radius 2 is 2.16 bits per heavy atom. The number of nitrogens with zero attached hydrogens (tertiary/aromatic N) is 4. The van der Waals surface area contributed by atoms with E-state index >= 15 is 0 Å². The van der Waals surface area contributed by atoms with E-state index in [1.54, 1.807) is 6.20 Å². The molecule has 0 aliphatic carbocycles. The molecule has 0 unspecified atom stereocenters. The summed E-state index contributed by atoms with van der Waals surface area (Å²) in [5, 5.41) is 8.94. The molecule has 1 fully saturated rings. The van der Waals surface area contributed by atoms with Crippen LogP contribution in [0.15, 0.2) is 12.4 Å². The lowest BCUT2D eigenvalue weighted by atomic mass is 10.0. The summed E-state index contributed by atoms with van der Waals surface area (Å²) >= 11 is 0. The Morgan fingerprint density at radius 3 is 2.74 bits per heavy atom. The molecular weight excluding hydrogens is 244 g/mol. The second kappa shape index (κ2) is 5.97. The molecule has 1 aliphatic heterocycles. The van der Waals surface area contributed by atoms with Crippen LogP contribution < -0.4 is 4.90 Å². The minimum absolute atomic E-state index is 0.00431. The number of carbonyl (C=O) groups is 1. The zero-order valence-electron chi connectivity index (χ0n) is 11.4. The van der Waals surface area contributed by atoms with Gasteiger partial charge in [0, 0.05) is 26.2 Å². The highest BCUT2D eigenvalue weighted by atomic mass is 16.4. The Bertz CT molecular complexity index is 444. The summed E-state index contributed by atoms with van der Waals surface area (Å²) in [7, 11) is 1.96. The summed E-state index contributed by atoms with van der Waals surface area (Å²) in [6, 6.07) is 0.404. The monoisotopic (exact) mass is 264 g/mol. The smallest absolute Gasteiger partial charge is 0.356 e. The number of piperidine rings is 1. The Morgan fingerprint density at radius 1 is 1.47 bits per heavy atom. The number of hydrogen-bond donors (Lipinski definition) is 1. The van der Waals surface area contributed by atoms with Crippen LogP contribution in [0.25, 0.3) is 0 Å². The van der Waals surface area contributed by atoms with Gasteiger partial charge in [-0.15, -0.1) is 0 Å². The summed E-state index contributed by atoms with van der Waals surface area (Å²) < 4.78 is 0. The molecule has 1 aromatic rings. The van der Waals surface area contributed by atoms with Gasteiger partial charge in [0.25, 0.3) is 0 Å². The SMILES string of the molecule is CCN1CCC(N(C)c2cncc(C(=O)O)n2)CC1. The molecule has 2 heterocycles. The van der Waals surface area contributed by atoms with E-state index in [1.165, 1.54) is 6.20 Å². The van der Waals surface area contributed by atoms with Gasteiger partial charge in [-0.1, -0.05) is 6.92 Å². The highest BCUT2D eigenvalue weighted by molar-refractivity contribution is 5.85. The maximum Gasteiger partial charge on any atom is 0.356 e. The Kier molecular flexibility index (Phi) is 4.31. The van der Waals surface area contributed by atoms with Gasteiger partial charge in [0.2, 0.25) is 0 Å². The van der Waals surface area contributed by atoms with Crippen LogP contribution in [-0.4, -0.2) is 58.7 Å². The van der Waals surface area contributed by atoms with E-state index in [2.05, 4.69) is 21.8 Å². The zero-order valence-corrected chi connectivity index (χ0v) is 11.4. The second-order valence-corrected chi connectivity index (χ2v) is 4.84. The molecule has 6 nitrogen and oxygen atoms in total. The topological polar surface area (TPSA) is 69.6 Å². The molecule has 1 aromatic heterocycles. The third-order valence-corrected chi connectivity index (χ3v) is 3.75. The molecule has 0 aromatic carbocycles. The van der Waals surface area contributed by atoms with Gasteiger partial charge in [-0.05, 0) is 19.4 Å². The molecule has 6 heteroatoms. The fraction of sp³-hybridized carbons (Fsp3) is 0.615. The summed E-state index contributed by atoms with van der Waals surface area (Å²) in [5.41, 5.74) is -0.00431. The molecule has 1 N–H and O–H groups in total. The van der Waals surface area contributed by atoms with Crippen molar-refractivity contribution in [1.82, 2.24) is 14.9 Å². The minimum atomic E-state index is -1.04. The maximum absolute atomic E-state index is 10.9. The predicted molar refractivity (Wildman–Crippen MR) is 72.5 cm³/mol. The number of anilines is 1. The summed E-state index contributed by atoms with van der Waals surface area (Å²) in [6.45, 7) is 5.42. The lowest BCUT2D eigenvalue weighted by Crippen LogP contribution is -2.43. The fourth-order valence-corrected chi connectivity index (χ4v) is 2.44. The van der Waals surface area contributed by atoms with Crippen LogP contribution in [0.5, 0.6) is 0 Å². The van der Waals surface area contributed by atoms with Gasteiger partial charge in [0.1, 0.15) is 5.82 Å². The van der Waals surface area contributed by atoms with Crippen molar-refractivity contribution in [2.24, 2.45) is 0 Å².